The summed E-state index contributed by atoms with van der Waals surface area (Å²) in [7, 11) is 1.27. The quantitative estimate of drug-likeness (QED) is 0.343. The standard InChI is InChI=1S/C26H23F2N3O2/c1-33-25(32)23(29)16-31-17-30-15-24(31)26(18-8-4-2-5-9-18,19-10-6-3-7-11-19)21-13-12-20(27)14-22(21)28/h2-15,17,23H,16,29H2,1H3. The van der Waals surface area contributed by atoms with E-state index in [2.05, 4.69) is 4.98 Å². The van der Waals surface area contributed by atoms with Crippen molar-refractivity contribution in [3.8, 4) is 0 Å². The molecule has 0 saturated carbocycles. The molecule has 0 aliphatic carbocycles. The molecule has 0 aliphatic heterocycles. The molecule has 1 unspecified atom stereocenters. The summed E-state index contributed by atoms with van der Waals surface area (Å²) >= 11 is 0. The molecule has 0 aliphatic rings. The van der Waals surface area contributed by atoms with E-state index in [1.165, 1.54) is 19.2 Å². The molecule has 1 atom stereocenters. The normalized spacial score (nSPS) is 12.4. The zero-order valence-corrected chi connectivity index (χ0v) is 18.0. The minimum absolute atomic E-state index is 0.0617. The lowest BCUT2D eigenvalue weighted by Crippen LogP contribution is -2.39. The van der Waals surface area contributed by atoms with Gasteiger partial charge in [-0.2, -0.15) is 0 Å². The Kier molecular flexibility index (Phi) is 6.33. The topological polar surface area (TPSA) is 70.1 Å². The fourth-order valence-corrected chi connectivity index (χ4v) is 4.30. The molecule has 1 aromatic heterocycles. The number of methoxy groups -OCH3 is 1. The summed E-state index contributed by atoms with van der Waals surface area (Å²) in [6.07, 6.45) is 3.16. The van der Waals surface area contributed by atoms with Crippen LogP contribution in [0.2, 0.25) is 0 Å². The first kappa shape index (κ1) is 22.4. The highest BCUT2D eigenvalue weighted by Gasteiger charge is 2.43. The summed E-state index contributed by atoms with van der Waals surface area (Å²) in [5.41, 5.74) is 7.16. The van der Waals surface area contributed by atoms with Crippen molar-refractivity contribution in [2.75, 3.05) is 7.11 Å². The van der Waals surface area contributed by atoms with Gasteiger partial charge >= 0.3 is 5.97 Å². The van der Waals surface area contributed by atoms with Crippen LogP contribution in [-0.4, -0.2) is 28.7 Å². The maximum atomic E-state index is 15.5. The van der Waals surface area contributed by atoms with Crippen molar-refractivity contribution in [1.82, 2.24) is 9.55 Å². The first-order chi connectivity index (χ1) is 16.0. The number of ether oxygens (including phenoxy) is 1. The summed E-state index contributed by atoms with van der Waals surface area (Å²) in [4.78, 5) is 16.3. The second-order valence-electron chi connectivity index (χ2n) is 7.67. The molecular formula is C26H23F2N3O2. The zero-order valence-electron chi connectivity index (χ0n) is 18.0. The van der Waals surface area contributed by atoms with Crippen molar-refractivity contribution < 1.29 is 18.3 Å². The Morgan fingerprint density at radius 2 is 1.64 bits per heavy atom. The Labute approximate surface area is 190 Å². The predicted octanol–water partition coefficient (Wildman–Crippen LogP) is 4.04. The van der Waals surface area contributed by atoms with E-state index in [4.69, 9.17) is 10.5 Å². The molecule has 7 heteroatoms. The predicted molar refractivity (Wildman–Crippen MR) is 120 cm³/mol. The minimum atomic E-state index is -1.20. The van der Waals surface area contributed by atoms with Gasteiger partial charge in [0.15, 0.2) is 0 Å². The summed E-state index contributed by atoms with van der Waals surface area (Å²) in [6, 6.07) is 21.3. The van der Waals surface area contributed by atoms with Crippen molar-refractivity contribution >= 4 is 5.97 Å². The number of halogens is 2. The van der Waals surface area contributed by atoms with E-state index in [9.17, 15) is 9.18 Å². The number of carbonyl (C=O) groups is 1. The van der Waals surface area contributed by atoms with Crippen LogP contribution in [0.25, 0.3) is 0 Å². The number of esters is 1. The molecule has 0 bridgehead atoms. The number of hydrogen-bond acceptors (Lipinski definition) is 4. The van der Waals surface area contributed by atoms with Crippen LogP contribution in [0.4, 0.5) is 8.78 Å². The number of rotatable bonds is 7. The van der Waals surface area contributed by atoms with Crippen molar-refractivity contribution in [1.29, 1.82) is 0 Å². The summed E-state index contributed by atoms with van der Waals surface area (Å²) in [5, 5.41) is 0. The summed E-state index contributed by atoms with van der Waals surface area (Å²) < 4.78 is 35.9. The van der Waals surface area contributed by atoms with Crippen molar-refractivity contribution in [2.24, 2.45) is 5.73 Å². The van der Waals surface area contributed by atoms with E-state index in [1.807, 2.05) is 60.7 Å². The lowest BCUT2D eigenvalue weighted by Gasteiger charge is -2.37. The second kappa shape index (κ2) is 9.34. The van der Waals surface area contributed by atoms with Gasteiger partial charge in [-0.3, -0.25) is 4.79 Å². The van der Waals surface area contributed by atoms with Gasteiger partial charge in [0.05, 0.1) is 24.5 Å². The van der Waals surface area contributed by atoms with E-state index in [-0.39, 0.29) is 12.1 Å². The molecule has 0 fully saturated rings. The van der Waals surface area contributed by atoms with E-state index in [0.717, 1.165) is 17.2 Å². The fourth-order valence-electron chi connectivity index (χ4n) is 4.30. The van der Waals surface area contributed by atoms with Crippen LogP contribution in [0.1, 0.15) is 22.4 Å². The van der Waals surface area contributed by atoms with Crippen molar-refractivity contribution in [3.05, 3.63) is 125 Å². The Hall–Kier alpha value is -3.84. The van der Waals surface area contributed by atoms with Crippen LogP contribution < -0.4 is 5.73 Å². The summed E-state index contributed by atoms with van der Waals surface area (Å²) in [5.74, 6) is -1.95. The van der Waals surface area contributed by atoms with Crippen LogP contribution in [0.5, 0.6) is 0 Å². The van der Waals surface area contributed by atoms with Crippen molar-refractivity contribution in [3.63, 3.8) is 0 Å². The van der Waals surface area contributed by atoms with E-state index < -0.39 is 29.1 Å². The maximum Gasteiger partial charge on any atom is 0.324 e. The SMILES string of the molecule is COC(=O)C(N)Cn1cncc1C(c1ccccc1)(c1ccccc1)c1ccc(F)cc1F. The molecule has 2 N–H and O–H groups in total. The van der Waals surface area contributed by atoms with Gasteiger partial charge < -0.3 is 15.0 Å². The highest BCUT2D eigenvalue weighted by atomic mass is 19.1. The van der Waals surface area contributed by atoms with Gasteiger partial charge in [0.25, 0.3) is 0 Å². The molecule has 0 amide bonds. The van der Waals surface area contributed by atoms with E-state index >= 15 is 4.39 Å². The minimum Gasteiger partial charge on any atom is -0.468 e. The number of aromatic nitrogens is 2. The molecule has 1 heterocycles. The fraction of sp³-hybridized carbons (Fsp3) is 0.154. The highest BCUT2D eigenvalue weighted by molar-refractivity contribution is 5.75. The van der Waals surface area contributed by atoms with Crippen LogP contribution in [0.15, 0.2) is 91.4 Å². The number of hydrogen-bond donors (Lipinski definition) is 1. The Morgan fingerprint density at radius 1 is 1.03 bits per heavy atom. The van der Waals surface area contributed by atoms with Crippen LogP contribution in [0.3, 0.4) is 0 Å². The first-order valence-electron chi connectivity index (χ1n) is 10.4. The Balaban J connectivity index is 2.07. The second-order valence-corrected chi connectivity index (χ2v) is 7.67. The maximum absolute atomic E-state index is 15.5. The number of imidazole rings is 1. The molecule has 4 aromatic rings. The lowest BCUT2D eigenvalue weighted by molar-refractivity contribution is -0.142. The largest absolute Gasteiger partial charge is 0.468 e. The third-order valence-electron chi connectivity index (χ3n) is 5.74. The average Bonchev–Trinajstić information content (AvgIpc) is 3.30. The molecule has 168 valence electrons. The smallest absolute Gasteiger partial charge is 0.324 e. The molecule has 0 saturated heterocycles. The number of nitrogens with zero attached hydrogens (tertiary/aromatic N) is 2. The van der Waals surface area contributed by atoms with Crippen LogP contribution in [0, 0.1) is 11.6 Å². The first-order valence-corrected chi connectivity index (χ1v) is 10.4. The van der Waals surface area contributed by atoms with Crippen LogP contribution >= 0.6 is 0 Å². The molecule has 33 heavy (non-hydrogen) atoms. The third kappa shape index (κ3) is 4.03. The van der Waals surface area contributed by atoms with Crippen LogP contribution in [-0.2, 0) is 21.5 Å². The van der Waals surface area contributed by atoms with E-state index in [1.54, 1.807) is 17.1 Å². The highest BCUT2D eigenvalue weighted by Crippen LogP contribution is 2.46. The van der Waals surface area contributed by atoms with Gasteiger partial charge in [0.1, 0.15) is 17.7 Å². The number of benzene rings is 3. The third-order valence-corrected chi connectivity index (χ3v) is 5.74. The zero-order chi connectivity index (χ0) is 23.4. The molecule has 3 aromatic carbocycles. The molecule has 0 spiro atoms. The molecular weight excluding hydrogens is 424 g/mol. The van der Waals surface area contributed by atoms with Gasteiger partial charge in [0.2, 0.25) is 0 Å². The lowest BCUT2D eigenvalue weighted by atomic mass is 9.67. The monoisotopic (exact) mass is 447 g/mol. The van der Waals surface area contributed by atoms with Crippen molar-refractivity contribution in [2.45, 2.75) is 18.0 Å². The van der Waals surface area contributed by atoms with Gasteiger partial charge in [-0.05, 0) is 17.2 Å². The average molecular weight is 447 g/mol. The number of carbonyl (C=O) groups excluding carboxylic acids is 1. The molecule has 0 radical (unpaired) electrons. The van der Waals surface area contributed by atoms with E-state index in [0.29, 0.717) is 5.69 Å². The molecule has 4 rings (SSSR count). The molecule has 5 nitrogen and oxygen atoms in total. The summed E-state index contributed by atoms with van der Waals surface area (Å²) in [6.45, 7) is 0.0617. The Morgan fingerprint density at radius 3 is 2.18 bits per heavy atom. The number of nitrogens with two attached hydrogens (primary N) is 1. The van der Waals surface area contributed by atoms with Gasteiger partial charge in [-0.1, -0.05) is 66.7 Å². The van der Waals surface area contributed by atoms with Gasteiger partial charge in [0, 0.05) is 24.4 Å². The Bertz CT molecular complexity index is 1200. The van der Waals surface area contributed by atoms with Gasteiger partial charge in [-0.25, -0.2) is 13.8 Å². The van der Waals surface area contributed by atoms with Gasteiger partial charge in [-0.15, -0.1) is 0 Å².